The summed E-state index contributed by atoms with van der Waals surface area (Å²) in [5.41, 5.74) is 1.81. The smallest absolute Gasteiger partial charge is 0.253 e. The maximum absolute atomic E-state index is 12.7. The molecule has 7 nitrogen and oxygen atoms in total. The molecule has 0 radical (unpaired) electrons. The summed E-state index contributed by atoms with van der Waals surface area (Å²) in [6, 6.07) is 13.6. The van der Waals surface area contributed by atoms with Gasteiger partial charge in [-0.3, -0.25) is 14.3 Å². The Bertz CT molecular complexity index is 1000. The van der Waals surface area contributed by atoms with Crippen LogP contribution < -0.4 is 10.0 Å². The van der Waals surface area contributed by atoms with Crippen molar-refractivity contribution in [2.24, 2.45) is 0 Å². The molecule has 0 saturated carbocycles. The molecule has 2 amide bonds. The van der Waals surface area contributed by atoms with E-state index in [4.69, 9.17) is 11.6 Å². The highest BCUT2D eigenvalue weighted by atomic mass is 35.5. The van der Waals surface area contributed by atoms with Crippen molar-refractivity contribution in [1.82, 2.24) is 10.2 Å². The third-order valence-corrected chi connectivity index (χ3v) is 5.72. The van der Waals surface area contributed by atoms with Gasteiger partial charge in [-0.25, -0.2) is 8.42 Å². The first-order chi connectivity index (χ1) is 14.2. The topological polar surface area (TPSA) is 95.6 Å². The van der Waals surface area contributed by atoms with E-state index in [2.05, 4.69) is 10.0 Å². The molecule has 1 saturated heterocycles. The van der Waals surface area contributed by atoms with Crippen molar-refractivity contribution >= 4 is 39.1 Å². The zero-order chi connectivity index (χ0) is 21.7. The monoisotopic (exact) mass is 449 g/mol. The number of likely N-dealkylation sites (tertiary alicyclic amines) is 1. The van der Waals surface area contributed by atoms with Gasteiger partial charge in [-0.2, -0.15) is 0 Å². The average molecular weight is 450 g/mol. The third-order valence-electron chi connectivity index (χ3n) is 4.86. The summed E-state index contributed by atoms with van der Waals surface area (Å²) < 4.78 is 24.9. The Labute approximate surface area is 181 Å². The van der Waals surface area contributed by atoms with E-state index in [-0.39, 0.29) is 17.9 Å². The van der Waals surface area contributed by atoms with E-state index in [0.717, 1.165) is 11.8 Å². The fourth-order valence-corrected chi connectivity index (χ4v) is 4.06. The Morgan fingerprint density at radius 2 is 1.63 bits per heavy atom. The van der Waals surface area contributed by atoms with Gasteiger partial charge in [-0.1, -0.05) is 23.7 Å². The normalized spacial score (nSPS) is 14.9. The molecule has 2 aromatic rings. The maximum atomic E-state index is 12.7. The van der Waals surface area contributed by atoms with E-state index in [0.29, 0.717) is 48.6 Å². The maximum Gasteiger partial charge on any atom is 0.253 e. The summed E-state index contributed by atoms with van der Waals surface area (Å²) in [5.74, 6) is -0.150. The van der Waals surface area contributed by atoms with Gasteiger partial charge in [0.15, 0.2) is 0 Å². The molecule has 3 rings (SSSR count). The molecule has 1 fully saturated rings. The van der Waals surface area contributed by atoms with Crippen LogP contribution in [0.5, 0.6) is 0 Å². The molecule has 2 aromatic carbocycles. The molecule has 2 N–H and O–H groups in total. The molecular weight excluding hydrogens is 426 g/mol. The lowest BCUT2D eigenvalue weighted by molar-refractivity contribution is -0.121. The summed E-state index contributed by atoms with van der Waals surface area (Å²) in [4.78, 5) is 26.7. The van der Waals surface area contributed by atoms with Crippen molar-refractivity contribution in [3.8, 4) is 0 Å². The highest BCUT2D eigenvalue weighted by Crippen LogP contribution is 2.17. The van der Waals surface area contributed by atoms with Gasteiger partial charge in [-0.05, 0) is 54.8 Å². The first-order valence-electron chi connectivity index (χ1n) is 9.60. The Balaban J connectivity index is 1.48. The average Bonchev–Trinajstić information content (AvgIpc) is 2.69. The number of anilines is 1. The van der Waals surface area contributed by atoms with Gasteiger partial charge in [0.05, 0.1) is 12.7 Å². The molecule has 9 heteroatoms. The van der Waals surface area contributed by atoms with Gasteiger partial charge in [0.25, 0.3) is 5.91 Å². The van der Waals surface area contributed by atoms with Crippen molar-refractivity contribution in [3.05, 3.63) is 64.7 Å². The van der Waals surface area contributed by atoms with Crippen LogP contribution in [-0.4, -0.2) is 50.5 Å². The Morgan fingerprint density at radius 3 is 2.20 bits per heavy atom. The molecule has 30 heavy (non-hydrogen) atoms. The molecule has 0 atom stereocenters. The van der Waals surface area contributed by atoms with Crippen LogP contribution in [0.15, 0.2) is 48.5 Å². The van der Waals surface area contributed by atoms with Gasteiger partial charge in [0.1, 0.15) is 0 Å². The van der Waals surface area contributed by atoms with E-state index < -0.39 is 10.0 Å². The number of nitrogens with zero attached hydrogens (tertiary/aromatic N) is 1. The van der Waals surface area contributed by atoms with Gasteiger partial charge >= 0.3 is 0 Å². The van der Waals surface area contributed by atoms with Crippen molar-refractivity contribution in [2.75, 3.05) is 24.1 Å². The summed E-state index contributed by atoms with van der Waals surface area (Å²) in [6.45, 7) is 1.10. The number of halogens is 1. The number of benzene rings is 2. The summed E-state index contributed by atoms with van der Waals surface area (Å²) in [7, 11) is -3.35. The first-order valence-corrected chi connectivity index (χ1v) is 11.9. The minimum atomic E-state index is -3.35. The lowest BCUT2D eigenvalue weighted by Crippen LogP contribution is -2.46. The number of hydrogen-bond acceptors (Lipinski definition) is 4. The number of rotatable bonds is 6. The van der Waals surface area contributed by atoms with E-state index in [1.54, 1.807) is 41.3 Å². The Morgan fingerprint density at radius 1 is 1.03 bits per heavy atom. The standard InChI is InChI=1S/C21H24ClN3O4S/c1-30(28,29)24-19-8-4-16(5-9-19)21(27)25-12-10-18(11-13-25)23-20(26)14-15-2-6-17(22)7-3-15/h2-9,18,24H,10-14H2,1H3,(H,23,26). The van der Waals surface area contributed by atoms with Crippen LogP contribution in [-0.2, 0) is 21.2 Å². The van der Waals surface area contributed by atoms with Crippen LogP contribution in [0.3, 0.4) is 0 Å². The van der Waals surface area contributed by atoms with Crippen LogP contribution in [0.2, 0.25) is 5.02 Å². The van der Waals surface area contributed by atoms with E-state index in [1.807, 2.05) is 12.1 Å². The minimum absolute atomic E-state index is 0.0372. The number of hydrogen-bond donors (Lipinski definition) is 2. The highest BCUT2D eigenvalue weighted by molar-refractivity contribution is 7.92. The highest BCUT2D eigenvalue weighted by Gasteiger charge is 2.24. The molecule has 0 unspecified atom stereocenters. The largest absolute Gasteiger partial charge is 0.353 e. The molecular formula is C21H24ClN3O4S. The summed E-state index contributed by atoms with van der Waals surface area (Å²) in [6.07, 6.45) is 2.74. The van der Waals surface area contributed by atoms with Crippen LogP contribution >= 0.6 is 11.6 Å². The number of sulfonamides is 1. The zero-order valence-electron chi connectivity index (χ0n) is 16.6. The first kappa shape index (κ1) is 22.1. The van der Waals surface area contributed by atoms with Gasteiger partial charge in [0.2, 0.25) is 15.9 Å². The van der Waals surface area contributed by atoms with Crippen molar-refractivity contribution in [2.45, 2.75) is 25.3 Å². The summed E-state index contributed by atoms with van der Waals surface area (Å²) >= 11 is 5.86. The van der Waals surface area contributed by atoms with Gasteiger partial charge in [-0.15, -0.1) is 0 Å². The summed E-state index contributed by atoms with van der Waals surface area (Å²) in [5, 5.41) is 3.67. The molecule has 1 aliphatic rings. The fraction of sp³-hybridized carbons (Fsp3) is 0.333. The second-order valence-electron chi connectivity index (χ2n) is 7.39. The van der Waals surface area contributed by atoms with E-state index in [1.165, 1.54) is 0 Å². The van der Waals surface area contributed by atoms with Gasteiger partial charge < -0.3 is 10.2 Å². The SMILES string of the molecule is CS(=O)(=O)Nc1ccc(C(=O)N2CCC(NC(=O)Cc3ccc(Cl)cc3)CC2)cc1. The Kier molecular flexibility index (Phi) is 6.99. The lowest BCUT2D eigenvalue weighted by atomic mass is 10.0. The quantitative estimate of drug-likeness (QED) is 0.708. The second-order valence-corrected chi connectivity index (χ2v) is 9.57. The lowest BCUT2D eigenvalue weighted by Gasteiger charge is -2.32. The molecule has 1 heterocycles. The van der Waals surface area contributed by atoms with Crippen LogP contribution in [0, 0.1) is 0 Å². The molecule has 1 aliphatic heterocycles. The molecule has 0 aromatic heterocycles. The predicted molar refractivity (Wildman–Crippen MR) is 117 cm³/mol. The zero-order valence-corrected chi connectivity index (χ0v) is 18.2. The minimum Gasteiger partial charge on any atom is -0.353 e. The number of carbonyl (C=O) groups excluding carboxylic acids is 2. The number of carbonyl (C=O) groups is 2. The second kappa shape index (κ2) is 9.49. The molecule has 0 bridgehead atoms. The van der Waals surface area contributed by atoms with Crippen LogP contribution in [0.4, 0.5) is 5.69 Å². The fourth-order valence-electron chi connectivity index (χ4n) is 3.37. The predicted octanol–water partition coefficient (Wildman–Crippen LogP) is 2.68. The molecule has 0 aliphatic carbocycles. The van der Waals surface area contributed by atoms with Crippen molar-refractivity contribution < 1.29 is 18.0 Å². The van der Waals surface area contributed by atoms with E-state index in [9.17, 15) is 18.0 Å². The molecule has 0 spiro atoms. The van der Waals surface area contributed by atoms with Crippen molar-refractivity contribution in [1.29, 1.82) is 0 Å². The number of piperidine rings is 1. The van der Waals surface area contributed by atoms with E-state index >= 15 is 0 Å². The Hall–Kier alpha value is -2.58. The van der Waals surface area contributed by atoms with Crippen molar-refractivity contribution in [3.63, 3.8) is 0 Å². The van der Waals surface area contributed by atoms with Crippen LogP contribution in [0.25, 0.3) is 0 Å². The third kappa shape index (κ3) is 6.47. The number of amides is 2. The molecule has 160 valence electrons. The van der Waals surface area contributed by atoms with Crippen LogP contribution in [0.1, 0.15) is 28.8 Å². The van der Waals surface area contributed by atoms with Gasteiger partial charge in [0, 0.05) is 35.4 Å². The number of nitrogens with one attached hydrogen (secondary N) is 2.